The first-order valence-electron chi connectivity index (χ1n) is 7.42. The van der Waals surface area contributed by atoms with E-state index in [9.17, 15) is 4.39 Å². The van der Waals surface area contributed by atoms with E-state index in [1.807, 2.05) is 58.0 Å². The fourth-order valence-corrected chi connectivity index (χ4v) is 3.15. The Morgan fingerprint density at radius 3 is 2.35 bits per heavy atom. The third-order valence-electron chi connectivity index (χ3n) is 3.28. The molecule has 23 heavy (non-hydrogen) atoms. The smallest absolute Gasteiger partial charge is 0.160 e. The van der Waals surface area contributed by atoms with Crippen LogP contribution in [0.1, 0.15) is 30.5 Å². The molecule has 0 amide bonds. The molecule has 2 nitrogen and oxygen atoms in total. The zero-order chi connectivity index (χ0) is 17.0. The maximum atomic E-state index is 14.0. The minimum atomic E-state index is -0.359. The zero-order valence-corrected chi connectivity index (χ0v) is 15.2. The van der Waals surface area contributed by atoms with E-state index in [0.29, 0.717) is 5.56 Å². The molecule has 0 fully saturated rings. The SMILES string of the molecule is Cc1ccc(SN(/N=C(/Cl)c2c(C)cccc2F)C(C)C)cc1. The van der Waals surface area contributed by atoms with Crippen LogP contribution >= 0.6 is 23.5 Å². The molecular formula is C18H20ClFN2S. The van der Waals surface area contributed by atoms with Crippen LogP contribution in [0.25, 0.3) is 0 Å². The van der Waals surface area contributed by atoms with Crippen molar-refractivity contribution in [1.29, 1.82) is 0 Å². The van der Waals surface area contributed by atoms with Crippen LogP contribution in [-0.4, -0.2) is 15.6 Å². The second kappa shape index (κ2) is 7.84. The molecular weight excluding hydrogens is 331 g/mol. The fourth-order valence-electron chi connectivity index (χ4n) is 1.98. The van der Waals surface area contributed by atoms with Gasteiger partial charge in [-0.2, -0.15) is 5.10 Å². The summed E-state index contributed by atoms with van der Waals surface area (Å²) in [5.74, 6) is -0.359. The van der Waals surface area contributed by atoms with Gasteiger partial charge in [-0.1, -0.05) is 41.4 Å². The van der Waals surface area contributed by atoms with E-state index in [0.717, 1.165) is 10.5 Å². The van der Waals surface area contributed by atoms with Gasteiger partial charge >= 0.3 is 0 Å². The summed E-state index contributed by atoms with van der Waals surface area (Å²) in [6, 6.07) is 13.2. The standard InChI is InChI=1S/C18H20ClFN2S/c1-12(2)22(23-15-10-8-13(3)9-11-15)21-18(19)17-14(4)6-5-7-16(17)20/h5-12H,1-4H3/b21-18+. The van der Waals surface area contributed by atoms with Gasteiger partial charge in [0.1, 0.15) is 5.82 Å². The first-order valence-corrected chi connectivity index (χ1v) is 8.57. The van der Waals surface area contributed by atoms with E-state index in [2.05, 4.69) is 5.10 Å². The lowest BCUT2D eigenvalue weighted by Gasteiger charge is -2.22. The highest BCUT2D eigenvalue weighted by Gasteiger charge is 2.15. The Labute approximate surface area is 146 Å². The number of hydrazone groups is 1. The lowest BCUT2D eigenvalue weighted by Crippen LogP contribution is -2.19. The summed E-state index contributed by atoms with van der Waals surface area (Å²) >= 11 is 7.78. The molecule has 0 aliphatic heterocycles. The van der Waals surface area contributed by atoms with Crippen molar-refractivity contribution in [2.75, 3.05) is 0 Å². The number of hydrogen-bond donors (Lipinski definition) is 0. The third kappa shape index (κ3) is 4.72. The van der Waals surface area contributed by atoms with E-state index in [4.69, 9.17) is 11.6 Å². The summed E-state index contributed by atoms with van der Waals surface area (Å²) in [4.78, 5) is 1.06. The number of hydrogen-bond acceptors (Lipinski definition) is 3. The van der Waals surface area contributed by atoms with Gasteiger partial charge < -0.3 is 0 Å². The van der Waals surface area contributed by atoms with Gasteiger partial charge in [0.05, 0.1) is 11.6 Å². The highest BCUT2D eigenvalue weighted by molar-refractivity contribution is 7.97. The second-order valence-electron chi connectivity index (χ2n) is 5.62. The summed E-state index contributed by atoms with van der Waals surface area (Å²) in [6.45, 7) is 7.90. The minimum Gasteiger partial charge on any atom is -0.230 e. The molecule has 0 heterocycles. The quantitative estimate of drug-likeness (QED) is 0.387. The molecule has 0 aliphatic rings. The number of rotatable bonds is 5. The summed E-state index contributed by atoms with van der Waals surface area (Å²) in [5, 5.41) is 4.59. The molecule has 0 unspecified atom stereocenters. The number of aryl methyl sites for hydroxylation is 2. The number of benzene rings is 2. The van der Waals surface area contributed by atoms with E-state index < -0.39 is 0 Å². The van der Waals surface area contributed by atoms with Crippen LogP contribution < -0.4 is 0 Å². The van der Waals surface area contributed by atoms with Gasteiger partial charge in [0.2, 0.25) is 0 Å². The lowest BCUT2D eigenvalue weighted by molar-refractivity contribution is 0.419. The molecule has 0 radical (unpaired) electrons. The third-order valence-corrected chi connectivity index (χ3v) is 4.71. The van der Waals surface area contributed by atoms with Crippen LogP contribution in [0.3, 0.4) is 0 Å². The molecule has 0 aliphatic carbocycles. The maximum absolute atomic E-state index is 14.0. The predicted octanol–water partition coefficient (Wildman–Crippen LogP) is 5.76. The second-order valence-corrected chi connectivity index (χ2v) is 7.01. The van der Waals surface area contributed by atoms with Crippen molar-refractivity contribution in [1.82, 2.24) is 4.41 Å². The van der Waals surface area contributed by atoms with Crippen molar-refractivity contribution >= 4 is 28.7 Å². The summed E-state index contributed by atoms with van der Waals surface area (Å²) in [5.41, 5.74) is 2.32. The van der Waals surface area contributed by atoms with E-state index in [1.54, 1.807) is 10.5 Å². The molecule has 0 atom stereocenters. The van der Waals surface area contributed by atoms with Crippen molar-refractivity contribution in [2.45, 2.75) is 38.6 Å². The molecule has 0 saturated carbocycles. The first-order chi connectivity index (χ1) is 10.9. The van der Waals surface area contributed by atoms with Gasteiger partial charge in [-0.05, 0) is 51.5 Å². The van der Waals surface area contributed by atoms with Gasteiger partial charge in [-0.3, -0.25) is 0 Å². The van der Waals surface area contributed by atoms with Crippen LogP contribution in [0.15, 0.2) is 52.5 Å². The van der Waals surface area contributed by atoms with Crippen molar-refractivity contribution < 1.29 is 4.39 Å². The normalized spacial score (nSPS) is 11.9. The minimum absolute atomic E-state index is 0.113. The Balaban J connectivity index is 2.29. The maximum Gasteiger partial charge on any atom is 0.160 e. The molecule has 0 spiro atoms. The predicted molar refractivity (Wildman–Crippen MR) is 97.5 cm³/mol. The number of nitrogens with zero attached hydrogens (tertiary/aromatic N) is 2. The average molecular weight is 351 g/mol. The topological polar surface area (TPSA) is 15.6 Å². The van der Waals surface area contributed by atoms with Gasteiger partial charge in [0, 0.05) is 16.8 Å². The molecule has 2 aromatic carbocycles. The average Bonchev–Trinajstić information content (AvgIpc) is 2.48. The summed E-state index contributed by atoms with van der Waals surface area (Å²) in [7, 11) is 0. The first kappa shape index (κ1) is 17.8. The summed E-state index contributed by atoms with van der Waals surface area (Å²) in [6.07, 6.45) is 0. The zero-order valence-electron chi connectivity index (χ0n) is 13.7. The van der Waals surface area contributed by atoms with Gasteiger partial charge in [0.15, 0.2) is 5.17 Å². The summed E-state index contributed by atoms with van der Waals surface area (Å²) < 4.78 is 15.8. The van der Waals surface area contributed by atoms with Crippen LogP contribution in [0.2, 0.25) is 0 Å². The molecule has 0 N–H and O–H groups in total. The monoisotopic (exact) mass is 350 g/mol. The van der Waals surface area contributed by atoms with Gasteiger partial charge in [-0.15, -0.1) is 0 Å². The Morgan fingerprint density at radius 1 is 1.13 bits per heavy atom. The van der Waals surface area contributed by atoms with E-state index in [-0.39, 0.29) is 17.0 Å². The Hall–Kier alpha value is -1.52. The highest BCUT2D eigenvalue weighted by atomic mass is 35.5. The lowest BCUT2D eigenvalue weighted by atomic mass is 10.1. The fraction of sp³-hybridized carbons (Fsp3) is 0.278. The van der Waals surface area contributed by atoms with E-state index in [1.165, 1.54) is 23.6 Å². The van der Waals surface area contributed by atoms with Crippen LogP contribution in [0.4, 0.5) is 4.39 Å². The highest BCUT2D eigenvalue weighted by Crippen LogP contribution is 2.27. The largest absolute Gasteiger partial charge is 0.230 e. The van der Waals surface area contributed by atoms with E-state index >= 15 is 0 Å². The molecule has 122 valence electrons. The van der Waals surface area contributed by atoms with Crippen molar-refractivity contribution in [3.63, 3.8) is 0 Å². The molecule has 0 bridgehead atoms. The van der Waals surface area contributed by atoms with Crippen molar-refractivity contribution in [2.24, 2.45) is 5.10 Å². The molecule has 0 saturated heterocycles. The Kier molecular flexibility index (Phi) is 6.08. The van der Waals surface area contributed by atoms with Crippen LogP contribution in [-0.2, 0) is 0 Å². The Morgan fingerprint density at radius 2 is 1.78 bits per heavy atom. The van der Waals surface area contributed by atoms with Gasteiger partial charge in [0.25, 0.3) is 0 Å². The van der Waals surface area contributed by atoms with Gasteiger partial charge in [-0.25, -0.2) is 8.80 Å². The molecule has 5 heteroatoms. The molecule has 2 aromatic rings. The molecule has 2 rings (SSSR count). The van der Waals surface area contributed by atoms with Crippen LogP contribution in [0.5, 0.6) is 0 Å². The van der Waals surface area contributed by atoms with Crippen molar-refractivity contribution in [3.8, 4) is 0 Å². The number of halogens is 2. The van der Waals surface area contributed by atoms with Crippen molar-refractivity contribution in [3.05, 3.63) is 65.0 Å². The molecule has 0 aromatic heterocycles. The Bertz CT molecular complexity index is 678. The van der Waals surface area contributed by atoms with Crippen LogP contribution in [0, 0.1) is 19.7 Å².